The van der Waals surface area contributed by atoms with E-state index in [1.807, 2.05) is 0 Å². The van der Waals surface area contributed by atoms with E-state index in [0.717, 1.165) is 29.8 Å². The molecular weight excluding hydrogens is 240 g/mol. The fourth-order valence-corrected chi connectivity index (χ4v) is 9.26. The number of hydrogen-bond donors (Lipinski definition) is 0. The average molecular weight is 275 g/mol. The Bertz CT molecular complexity index is 182. The highest BCUT2D eigenvalue weighted by atomic mass is 28.4. The minimum atomic E-state index is -1.72. The molecule has 0 aliphatic heterocycles. The van der Waals surface area contributed by atoms with E-state index in [9.17, 15) is 0 Å². The van der Waals surface area contributed by atoms with Crippen molar-refractivity contribution in [3.05, 3.63) is 0 Å². The Balaban J connectivity index is 5.12. The summed E-state index contributed by atoms with van der Waals surface area (Å²) in [6.07, 6.45) is 3.69. The molecule has 0 bridgehead atoms. The van der Waals surface area contributed by atoms with Gasteiger partial charge in [0.25, 0.3) is 0 Å². The molecule has 3 unspecified atom stereocenters. The lowest BCUT2D eigenvalue weighted by atomic mass is 10.3. The molecular formula is C15H34O2Si. The van der Waals surface area contributed by atoms with Crippen LogP contribution in [0.4, 0.5) is 0 Å². The normalized spacial score (nSPS) is 20.2. The van der Waals surface area contributed by atoms with Crippen molar-refractivity contribution in [1.29, 1.82) is 0 Å². The van der Waals surface area contributed by atoms with Gasteiger partial charge >= 0.3 is 0 Å². The summed E-state index contributed by atoms with van der Waals surface area (Å²) in [5.41, 5.74) is 2.16. The summed E-state index contributed by atoms with van der Waals surface area (Å²) in [5, 5.41) is 0. The van der Waals surface area contributed by atoms with E-state index in [0.29, 0.717) is 0 Å². The number of ether oxygens (including phenoxy) is 1. The molecule has 0 fully saturated rings. The Kier molecular flexibility index (Phi) is 9.18. The van der Waals surface area contributed by atoms with Crippen LogP contribution in [0.5, 0.6) is 0 Å². The summed E-state index contributed by atoms with van der Waals surface area (Å²) < 4.78 is 11.7. The van der Waals surface area contributed by atoms with Crippen LogP contribution in [-0.2, 0) is 9.16 Å². The Morgan fingerprint density at radius 3 is 1.44 bits per heavy atom. The Labute approximate surface area is 116 Å². The molecule has 0 aliphatic rings. The van der Waals surface area contributed by atoms with Gasteiger partial charge in [-0.3, -0.25) is 0 Å². The second-order valence-electron chi connectivity index (χ2n) is 5.62. The molecule has 0 amide bonds. The van der Waals surface area contributed by atoms with Crippen molar-refractivity contribution in [3.63, 3.8) is 0 Å². The summed E-state index contributed by atoms with van der Waals surface area (Å²) in [6, 6.07) is 0. The van der Waals surface area contributed by atoms with Crippen LogP contribution in [0.1, 0.15) is 60.8 Å². The van der Waals surface area contributed by atoms with E-state index in [1.165, 1.54) is 19.3 Å². The summed E-state index contributed by atoms with van der Waals surface area (Å²) in [7, 11) is 0.0294. The highest BCUT2D eigenvalue weighted by Crippen LogP contribution is 2.46. The van der Waals surface area contributed by atoms with Crippen molar-refractivity contribution in [3.8, 4) is 0 Å². The first-order valence-electron chi connectivity index (χ1n) is 7.63. The SMILES string of the molecule is CCC(C)[Si](OCCOC)(C(C)CC)C(C)CC. The van der Waals surface area contributed by atoms with E-state index in [2.05, 4.69) is 41.5 Å². The molecule has 3 atom stereocenters. The third-order valence-corrected chi connectivity index (χ3v) is 11.3. The summed E-state index contributed by atoms with van der Waals surface area (Å²) >= 11 is 0. The molecule has 110 valence electrons. The lowest BCUT2D eigenvalue weighted by Crippen LogP contribution is -2.50. The van der Waals surface area contributed by atoms with E-state index in [-0.39, 0.29) is 0 Å². The zero-order valence-corrected chi connectivity index (χ0v) is 14.6. The first-order valence-corrected chi connectivity index (χ1v) is 9.77. The third-order valence-electron chi connectivity index (χ3n) is 4.79. The largest absolute Gasteiger partial charge is 0.414 e. The predicted octanol–water partition coefficient (Wildman–Crippen LogP) is 5.00. The summed E-state index contributed by atoms with van der Waals surface area (Å²) in [5.74, 6) is 0. The molecule has 0 N–H and O–H groups in total. The molecule has 0 rings (SSSR count). The number of rotatable bonds is 10. The molecule has 0 saturated heterocycles. The zero-order chi connectivity index (χ0) is 14.2. The minimum Gasteiger partial charge on any atom is -0.414 e. The average Bonchev–Trinajstić information content (AvgIpc) is 2.41. The maximum Gasteiger partial charge on any atom is 0.201 e. The third kappa shape index (κ3) is 4.07. The molecule has 0 saturated carbocycles. The van der Waals surface area contributed by atoms with E-state index >= 15 is 0 Å². The summed E-state index contributed by atoms with van der Waals surface area (Å²) in [6.45, 7) is 15.6. The molecule has 0 aromatic heterocycles. The quantitative estimate of drug-likeness (QED) is 0.412. The fraction of sp³-hybridized carbons (Fsp3) is 1.00. The highest BCUT2D eigenvalue weighted by Gasteiger charge is 2.48. The number of hydrogen-bond acceptors (Lipinski definition) is 2. The predicted molar refractivity (Wildman–Crippen MR) is 82.7 cm³/mol. The van der Waals surface area contributed by atoms with Crippen molar-refractivity contribution >= 4 is 8.32 Å². The molecule has 0 aromatic carbocycles. The second-order valence-corrected chi connectivity index (χ2v) is 10.6. The Morgan fingerprint density at radius 1 is 0.778 bits per heavy atom. The first-order chi connectivity index (χ1) is 8.50. The fourth-order valence-electron chi connectivity index (χ4n) is 3.14. The van der Waals surface area contributed by atoms with Gasteiger partial charge in [0.1, 0.15) is 0 Å². The van der Waals surface area contributed by atoms with Crippen LogP contribution in [0.2, 0.25) is 16.6 Å². The van der Waals surface area contributed by atoms with E-state index < -0.39 is 8.32 Å². The van der Waals surface area contributed by atoms with Gasteiger partial charge in [0.15, 0.2) is 0 Å². The van der Waals surface area contributed by atoms with Gasteiger partial charge in [0.2, 0.25) is 8.32 Å². The van der Waals surface area contributed by atoms with Crippen molar-refractivity contribution in [2.24, 2.45) is 0 Å². The molecule has 0 aromatic rings. The monoisotopic (exact) mass is 274 g/mol. The zero-order valence-electron chi connectivity index (χ0n) is 13.6. The molecule has 0 radical (unpaired) electrons. The van der Waals surface area contributed by atoms with Crippen molar-refractivity contribution in [2.75, 3.05) is 20.3 Å². The maximum atomic E-state index is 6.54. The van der Waals surface area contributed by atoms with Crippen molar-refractivity contribution in [2.45, 2.75) is 77.4 Å². The van der Waals surface area contributed by atoms with Gasteiger partial charge < -0.3 is 9.16 Å². The lowest BCUT2D eigenvalue weighted by molar-refractivity contribution is 0.135. The lowest BCUT2D eigenvalue weighted by Gasteiger charge is -2.45. The molecule has 18 heavy (non-hydrogen) atoms. The molecule has 0 spiro atoms. The van der Waals surface area contributed by atoms with Crippen LogP contribution in [0.15, 0.2) is 0 Å². The van der Waals surface area contributed by atoms with Crippen LogP contribution in [0.3, 0.4) is 0 Å². The van der Waals surface area contributed by atoms with Gasteiger partial charge in [0, 0.05) is 7.11 Å². The van der Waals surface area contributed by atoms with Crippen molar-refractivity contribution in [1.82, 2.24) is 0 Å². The van der Waals surface area contributed by atoms with Gasteiger partial charge in [-0.25, -0.2) is 0 Å². The molecule has 0 heterocycles. The standard InChI is InChI=1S/C15H34O2Si/c1-8-13(4)18(14(5)9-2,15(6)10-3)17-12-11-16-7/h13-15H,8-12H2,1-7H3. The van der Waals surface area contributed by atoms with Crippen LogP contribution in [0.25, 0.3) is 0 Å². The summed E-state index contributed by atoms with van der Waals surface area (Å²) in [4.78, 5) is 0. The van der Waals surface area contributed by atoms with Crippen molar-refractivity contribution < 1.29 is 9.16 Å². The highest BCUT2D eigenvalue weighted by molar-refractivity contribution is 6.77. The van der Waals surface area contributed by atoms with Crippen LogP contribution >= 0.6 is 0 Å². The first kappa shape index (κ1) is 18.1. The minimum absolute atomic E-state index is 0.720. The Hall–Kier alpha value is 0.137. The van der Waals surface area contributed by atoms with E-state index in [1.54, 1.807) is 7.11 Å². The Morgan fingerprint density at radius 2 is 1.17 bits per heavy atom. The molecule has 3 heteroatoms. The van der Waals surface area contributed by atoms with Crippen LogP contribution < -0.4 is 0 Å². The van der Waals surface area contributed by atoms with Gasteiger partial charge in [-0.2, -0.15) is 0 Å². The molecule has 2 nitrogen and oxygen atoms in total. The maximum absolute atomic E-state index is 6.54. The molecule has 0 aliphatic carbocycles. The number of methoxy groups -OCH3 is 1. The van der Waals surface area contributed by atoms with Gasteiger partial charge in [-0.15, -0.1) is 0 Å². The van der Waals surface area contributed by atoms with Crippen LogP contribution in [0, 0.1) is 0 Å². The van der Waals surface area contributed by atoms with Gasteiger partial charge in [-0.05, 0) is 16.6 Å². The van der Waals surface area contributed by atoms with E-state index in [4.69, 9.17) is 9.16 Å². The van der Waals surface area contributed by atoms with Gasteiger partial charge in [-0.1, -0.05) is 60.8 Å². The smallest absolute Gasteiger partial charge is 0.201 e. The second kappa shape index (κ2) is 9.11. The van der Waals surface area contributed by atoms with Gasteiger partial charge in [0.05, 0.1) is 13.2 Å². The van der Waals surface area contributed by atoms with Crippen LogP contribution in [-0.4, -0.2) is 28.6 Å². The topological polar surface area (TPSA) is 18.5 Å².